The van der Waals surface area contributed by atoms with Crippen LogP contribution in [0.2, 0.25) is 0 Å². The van der Waals surface area contributed by atoms with Crippen LogP contribution in [0.5, 0.6) is 0 Å². The second kappa shape index (κ2) is 4.04. The molecule has 67 valence electrons. The lowest BCUT2D eigenvalue weighted by Gasteiger charge is -2.10. The minimum absolute atomic E-state index is 0.436. The summed E-state index contributed by atoms with van der Waals surface area (Å²) in [7, 11) is 0. The van der Waals surface area contributed by atoms with Crippen LogP contribution in [0, 0.1) is 25.2 Å². The van der Waals surface area contributed by atoms with Gasteiger partial charge in [0.15, 0.2) is 0 Å². The molecule has 0 aromatic heterocycles. The van der Waals surface area contributed by atoms with Gasteiger partial charge in [-0.15, -0.1) is 0 Å². The van der Waals surface area contributed by atoms with E-state index < -0.39 is 12.6 Å². The van der Waals surface area contributed by atoms with E-state index in [1.54, 1.807) is 6.07 Å². The largest absolute Gasteiger partial charge is 0.250 e. The molecular weight excluding hydrogens is 165 g/mol. The van der Waals surface area contributed by atoms with Crippen LogP contribution in [0.25, 0.3) is 0 Å². The maximum atomic E-state index is 12.3. The Bertz CT molecular complexity index is 338. The highest BCUT2D eigenvalue weighted by atomic mass is 19.1. The van der Waals surface area contributed by atoms with Gasteiger partial charge < -0.3 is 0 Å². The monoisotopic (exact) mass is 176 g/mol. The summed E-state index contributed by atoms with van der Waals surface area (Å²) in [5, 5.41) is 8.84. The summed E-state index contributed by atoms with van der Waals surface area (Å²) in [6.07, 6.45) is 0. The van der Waals surface area contributed by atoms with Crippen molar-refractivity contribution in [2.24, 2.45) is 0 Å². The second-order valence-corrected chi connectivity index (χ2v) is 3.00. The molecule has 0 aliphatic heterocycles. The summed E-state index contributed by atoms with van der Waals surface area (Å²) >= 11 is 0. The number of hydrogen-bond acceptors (Lipinski definition) is 1. The summed E-state index contributed by atoms with van der Waals surface area (Å²) < 4.78 is 12.3. The fourth-order valence-corrected chi connectivity index (χ4v) is 1.27. The zero-order valence-corrected chi connectivity index (χ0v) is 7.55. The molecule has 1 radical (unpaired) electrons. The number of halogens is 1. The molecule has 0 bridgehead atoms. The van der Waals surface area contributed by atoms with Gasteiger partial charge in [-0.2, -0.15) is 5.26 Å². The van der Waals surface area contributed by atoms with E-state index >= 15 is 0 Å². The van der Waals surface area contributed by atoms with Crippen molar-refractivity contribution in [2.75, 3.05) is 6.67 Å². The minimum atomic E-state index is -0.530. The molecule has 1 atom stereocenters. The number of hydrogen-bond donors (Lipinski definition) is 0. The Hall–Kier alpha value is -1.36. The molecule has 0 saturated carbocycles. The van der Waals surface area contributed by atoms with Crippen molar-refractivity contribution in [3.8, 4) is 6.07 Å². The highest BCUT2D eigenvalue weighted by Crippen LogP contribution is 2.21. The molecule has 13 heavy (non-hydrogen) atoms. The molecule has 1 aromatic carbocycles. The molecule has 0 N–H and O–H groups in total. The Kier molecular flexibility index (Phi) is 3.02. The minimum Gasteiger partial charge on any atom is -0.250 e. The van der Waals surface area contributed by atoms with E-state index in [4.69, 9.17) is 5.26 Å². The Labute approximate surface area is 77.8 Å². The van der Waals surface area contributed by atoms with Crippen molar-refractivity contribution in [3.63, 3.8) is 0 Å². The van der Waals surface area contributed by atoms with Gasteiger partial charge >= 0.3 is 0 Å². The van der Waals surface area contributed by atoms with E-state index in [1.165, 1.54) is 0 Å². The van der Waals surface area contributed by atoms with Crippen molar-refractivity contribution in [1.82, 2.24) is 0 Å². The highest BCUT2D eigenvalue weighted by Gasteiger charge is 2.11. The zero-order chi connectivity index (χ0) is 9.84. The standard InChI is InChI=1S/C11H11FN/c1-8-4-3-5-10(9(2)6-12)11(8)7-13/h3-5,9H,2,6H2,1H3. The van der Waals surface area contributed by atoms with E-state index in [1.807, 2.05) is 19.1 Å². The molecule has 0 aliphatic carbocycles. The van der Waals surface area contributed by atoms with Crippen molar-refractivity contribution in [1.29, 1.82) is 5.26 Å². The maximum absolute atomic E-state index is 12.3. The molecule has 0 spiro atoms. The Morgan fingerprint density at radius 3 is 2.85 bits per heavy atom. The molecule has 1 nitrogen and oxygen atoms in total. The predicted octanol–water partition coefficient (Wildman–Crippen LogP) is 2.75. The molecule has 0 heterocycles. The summed E-state index contributed by atoms with van der Waals surface area (Å²) in [6.45, 7) is 4.96. The van der Waals surface area contributed by atoms with E-state index in [9.17, 15) is 4.39 Å². The van der Waals surface area contributed by atoms with Crippen molar-refractivity contribution in [2.45, 2.75) is 12.8 Å². The van der Waals surface area contributed by atoms with Crippen LogP contribution >= 0.6 is 0 Å². The van der Waals surface area contributed by atoms with Gasteiger partial charge in [0, 0.05) is 5.92 Å². The van der Waals surface area contributed by atoms with E-state index in [0.29, 0.717) is 11.1 Å². The van der Waals surface area contributed by atoms with Crippen LogP contribution in [-0.4, -0.2) is 6.67 Å². The molecule has 2 heteroatoms. The van der Waals surface area contributed by atoms with Crippen molar-refractivity contribution in [3.05, 3.63) is 41.8 Å². The maximum Gasteiger partial charge on any atom is 0.0997 e. The van der Waals surface area contributed by atoms with E-state index in [0.717, 1.165) is 5.56 Å². The van der Waals surface area contributed by atoms with Gasteiger partial charge in [-0.1, -0.05) is 18.2 Å². The van der Waals surface area contributed by atoms with Crippen LogP contribution in [0.15, 0.2) is 18.2 Å². The lowest BCUT2D eigenvalue weighted by molar-refractivity contribution is 0.465. The number of nitrogens with zero attached hydrogens (tertiary/aromatic N) is 1. The highest BCUT2D eigenvalue weighted by molar-refractivity contribution is 5.45. The quantitative estimate of drug-likeness (QED) is 0.679. The number of alkyl halides is 1. The number of nitriles is 1. The van der Waals surface area contributed by atoms with Crippen LogP contribution in [0.4, 0.5) is 4.39 Å². The molecule has 1 rings (SSSR count). The molecule has 1 aromatic rings. The molecular formula is C11H11FN. The third kappa shape index (κ3) is 1.86. The summed E-state index contributed by atoms with van der Waals surface area (Å²) in [4.78, 5) is 0. The molecule has 0 saturated heterocycles. The van der Waals surface area contributed by atoms with E-state index in [-0.39, 0.29) is 0 Å². The van der Waals surface area contributed by atoms with Gasteiger partial charge in [-0.05, 0) is 25.0 Å². The SMILES string of the molecule is [CH2]C(CF)c1cccc(C)c1C#N. The predicted molar refractivity (Wildman–Crippen MR) is 50.0 cm³/mol. The van der Waals surface area contributed by atoms with Gasteiger partial charge in [-0.25, -0.2) is 0 Å². The first kappa shape index (κ1) is 9.73. The first-order chi connectivity index (χ1) is 6.20. The number of aryl methyl sites for hydroxylation is 1. The van der Waals surface area contributed by atoms with Gasteiger partial charge in [0.1, 0.15) is 0 Å². The summed E-state index contributed by atoms with van der Waals surface area (Å²) in [6, 6.07) is 7.48. The second-order valence-electron chi connectivity index (χ2n) is 3.00. The van der Waals surface area contributed by atoms with Gasteiger partial charge in [-0.3, -0.25) is 4.39 Å². The summed E-state index contributed by atoms with van der Waals surface area (Å²) in [5.74, 6) is -0.436. The normalized spacial score (nSPS) is 12.2. The zero-order valence-electron chi connectivity index (χ0n) is 7.55. The summed E-state index contributed by atoms with van der Waals surface area (Å²) in [5.41, 5.74) is 2.13. The Balaban J connectivity index is 3.22. The Morgan fingerprint density at radius 1 is 1.62 bits per heavy atom. The van der Waals surface area contributed by atoms with E-state index in [2.05, 4.69) is 13.0 Å². The molecule has 0 amide bonds. The first-order valence-electron chi connectivity index (χ1n) is 4.09. The van der Waals surface area contributed by atoms with Gasteiger partial charge in [0.05, 0.1) is 18.3 Å². The van der Waals surface area contributed by atoms with Crippen molar-refractivity contribution >= 4 is 0 Å². The average Bonchev–Trinajstić information content (AvgIpc) is 2.16. The molecule has 0 aliphatic rings. The van der Waals surface area contributed by atoms with Crippen LogP contribution in [-0.2, 0) is 0 Å². The van der Waals surface area contributed by atoms with Crippen molar-refractivity contribution < 1.29 is 4.39 Å². The third-order valence-electron chi connectivity index (χ3n) is 2.04. The lowest BCUT2D eigenvalue weighted by atomic mass is 9.94. The molecule has 1 unspecified atom stereocenters. The van der Waals surface area contributed by atoms with Crippen LogP contribution in [0.3, 0.4) is 0 Å². The van der Waals surface area contributed by atoms with Gasteiger partial charge in [0.2, 0.25) is 0 Å². The average molecular weight is 176 g/mol. The van der Waals surface area contributed by atoms with Gasteiger partial charge in [0.25, 0.3) is 0 Å². The first-order valence-corrected chi connectivity index (χ1v) is 4.09. The third-order valence-corrected chi connectivity index (χ3v) is 2.04. The lowest BCUT2D eigenvalue weighted by Crippen LogP contribution is -2.00. The fourth-order valence-electron chi connectivity index (χ4n) is 1.27. The Morgan fingerprint density at radius 2 is 2.31 bits per heavy atom. The smallest absolute Gasteiger partial charge is 0.0997 e. The van der Waals surface area contributed by atoms with Crippen LogP contribution < -0.4 is 0 Å². The number of rotatable bonds is 2. The number of benzene rings is 1. The molecule has 0 fully saturated rings. The van der Waals surface area contributed by atoms with Crippen LogP contribution in [0.1, 0.15) is 22.6 Å². The topological polar surface area (TPSA) is 23.8 Å². The fraction of sp³-hybridized carbons (Fsp3) is 0.273.